The zero-order chi connectivity index (χ0) is 32.7. The van der Waals surface area contributed by atoms with Crippen molar-refractivity contribution in [3.05, 3.63) is 75.5 Å². The highest BCUT2D eigenvalue weighted by Gasteiger charge is 2.27. The standard InChI is InChI=1S/C30H32Cl2F2N2O8S/c1-36(2)10-11-45(38,39)44-28-13-20(7-8-24(28)40-3)29(37)42-26(14-21-22(31)15-35-16-23(21)32)19-6-9-25(43-30(33)34)27(12-19)41-17-18-4-5-18/h6-9,12-13,15-16,18,26,30H,4-5,10-11,14,17H2,1-3H3/p+1/t26-/m0/s1. The van der Waals surface area contributed by atoms with Crippen molar-refractivity contribution in [3.8, 4) is 23.0 Å². The van der Waals surface area contributed by atoms with Gasteiger partial charge in [-0.3, -0.25) is 0 Å². The average molecular weight is 691 g/mol. The number of esters is 1. The third-order valence-electron chi connectivity index (χ3n) is 6.77. The maximum absolute atomic E-state index is 13.5. The lowest BCUT2D eigenvalue weighted by Gasteiger charge is -2.21. The van der Waals surface area contributed by atoms with E-state index in [-0.39, 0.29) is 57.3 Å². The van der Waals surface area contributed by atoms with Gasteiger partial charge in [0.2, 0.25) is 0 Å². The van der Waals surface area contributed by atoms with Crippen LogP contribution in [0.4, 0.5) is 8.78 Å². The number of hydrogen-bond acceptors (Lipinski definition) is 9. The van der Waals surface area contributed by atoms with Gasteiger partial charge in [-0.15, -0.1) is 0 Å². The van der Waals surface area contributed by atoms with Gasteiger partial charge in [-0.05, 0) is 62.7 Å². The first-order valence-corrected chi connectivity index (χ1v) is 16.2. The number of benzene rings is 2. The van der Waals surface area contributed by atoms with E-state index in [2.05, 4.69) is 9.72 Å². The van der Waals surface area contributed by atoms with Gasteiger partial charge in [0, 0.05) is 24.6 Å². The molecular formula is C30H33Cl2F2N2O8S+. The van der Waals surface area contributed by atoms with Gasteiger partial charge in [0.1, 0.15) is 16.1 Å². The number of H-pyrrole nitrogens is 1. The summed E-state index contributed by atoms with van der Waals surface area (Å²) < 4.78 is 78.4. The Bertz CT molecular complexity index is 1590. The fourth-order valence-electron chi connectivity index (χ4n) is 4.15. The number of pyridine rings is 1. The molecule has 1 aliphatic rings. The number of rotatable bonds is 16. The molecule has 0 amide bonds. The number of halogens is 4. The van der Waals surface area contributed by atoms with E-state index >= 15 is 0 Å². The molecular weight excluding hydrogens is 657 g/mol. The van der Waals surface area contributed by atoms with E-state index < -0.39 is 28.8 Å². The van der Waals surface area contributed by atoms with Crippen LogP contribution in [0.3, 0.4) is 0 Å². The highest BCUT2D eigenvalue weighted by Crippen LogP contribution is 2.38. The average Bonchev–Trinajstić information content (AvgIpc) is 3.81. The van der Waals surface area contributed by atoms with Crippen LogP contribution in [0.15, 0.2) is 48.8 Å². The third-order valence-corrected chi connectivity index (χ3v) is 8.56. The van der Waals surface area contributed by atoms with Crippen LogP contribution in [0.2, 0.25) is 10.0 Å². The Kier molecular flexibility index (Phi) is 11.7. The molecule has 1 N–H and O–H groups in total. The van der Waals surface area contributed by atoms with Crippen molar-refractivity contribution >= 4 is 39.3 Å². The fourth-order valence-corrected chi connectivity index (χ4v) is 5.75. The van der Waals surface area contributed by atoms with Crippen LogP contribution in [-0.2, 0) is 21.3 Å². The van der Waals surface area contributed by atoms with Crippen LogP contribution in [-0.4, -0.2) is 66.0 Å². The molecule has 0 saturated heterocycles. The number of nitrogens with one attached hydrogen (secondary N) is 1. The Balaban J connectivity index is 1.67. The Morgan fingerprint density at radius 3 is 2.33 bits per heavy atom. The summed E-state index contributed by atoms with van der Waals surface area (Å²) in [5.74, 6) is -1.05. The molecule has 0 radical (unpaired) electrons. The molecule has 1 heterocycles. The maximum Gasteiger partial charge on any atom is 0.387 e. The van der Waals surface area contributed by atoms with E-state index in [1.54, 1.807) is 19.0 Å². The van der Waals surface area contributed by atoms with E-state index in [1.165, 1.54) is 55.9 Å². The molecule has 1 saturated carbocycles. The number of alkyl halides is 2. The Morgan fingerprint density at radius 1 is 1.02 bits per heavy atom. The van der Waals surface area contributed by atoms with Crippen molar-refractivity contribution in [1.82, 2.24) is 4.90 Å². The molecule has 1 atom stereocenters. The number of aromatic amines is 1. The SMILES string of the molecule is COc1ccc(C(=O)O[C@@H](Cc2c(Cl)c[nH+]cc2Cl)c2ccc(OC(F)F)c(OCC3CC3)c2)cc1OS(=O)(=O)CCN(C)C. The zero-order valence-electron chi connectivity index (χ0n) is 24.7. The maximum atomic E-state index is 13.5. The van der Waals surface area contributed by atoms with Crippen LogP contribution in [0, 0.1) is 5.92 Å². The molecule has 10 nitrogen and oxygen atoms in total. The van der Waals surface area contributed by atoms with Gasteiger partial charge in [-0.2, -0.15) is 17.2 Å². The number of hydrogen-bond donors (Lipinski definition) is 0. The summed E-state index contributed by atoms with van der Waals surface area (Å²) in [6.07, 6.45) is 3.90. The molecule has 0 spiro atoms. The summed E-state index contributed by atoms with van der Waals surface area (Å²) in [6.45, 7) is -2.56. The monoisotopic (exact) mass is 689 g/mol. The summed E-state index contributed by atoms with van der Waals surface area (Å²) in [7, 11) is 0.742. The molecule has 15 heteroatoms. The molecule has 244 valence electrons. The van der Waals surface area contributed by atoms with Crippen LogP contribution in [0.5, 0.6) is 23.0 Å². The Labute approximate surface area is 270 Å². The van der Waals surface area contributed by atoms with E-state index in [4.69, 9.17) is 41.6 Å². The molecule has 1 aromatic heterocycles. The van der Waals surface area contributed by atoms with E-state index in [0.717, 1.165) is 12.8 Å². The molecule has 1 aliphatic carbocycles. The van der Waals surface area contributed by atoms with Crippen LogP contribution in [0.1, 0.15) is 40.4 Å². The van der Waals surface area contributed by atoms with Crippen molar-refractivity contribution in [3.63, 3.8) is 0 Å². The Hall–Kier alpha value is -3.39. The van der Waals surface area contributed by atoms with Gasteiger partial charge in [0.05, 0.1) is 25.0 Å². The van der Waals surface area contributed by atoms with Crippen molar-refractivity contribution < 1.29 is 50.1 Å². The number of ether oxygens (including phenoxy) is 4. The number of nitrogens with zero attached hydrogens (tertiary/aromatic N) is 1. The lowest BCUT2D eigenvalue weighted by molar-refractivity contribution is -0.377. The lowest BCUT2D eigenvalue weighted by Crippen LogP contribution is -2.25. The van der Waals surface area contributed by atoms with Crippen molar-refractivity contribution in [2.45, 2.75) is 32.0 Å². The smallest absolute Gasteiger partial charge is 0.387 e. The zero-order valence-corrected chi connectivity index (χ0v) is 27.1. The molecule has 3 aromatic rings. The first kappa shape index (κ1) is 34.5. The first-order valence-electron chi connectivity index (χ1n) is 13.9. The Morgan fingerprint density at radius 2 is 1.71 bits per heavy atom. The number of carbonyl (C=O) groups is 1. The predicted molar refractivity (Wildman–Crippen MR) is 162 cm³/mol. The third kappa shape index (κ3) is 10.1. The van der Waals surface area contributed by atoms with E-state index in [1.807, 2.05) is 0 Å². The molecule has 1 fully saturated rings. The van der Waals surface area contributed by atoms with Gasteiger partial charge in [-0.25, -0.2) is 9.78 Å². The molecule has 2 aromatic carbocycles. The minimum Gasteiger partial charge on any atom is -0.493 e. The molecule has 45 heavy (non-hydrogen) atoms. The quantitative estimate of drug-likeness (QED) is 0.140. The van der Waals surface area contributed by atoms with Gasteiger partial charge < -0.3 is 28.0 Å². The van der Waals surface area contributed by atoms with Crippen LogP contribution < -0.4 is 23.4 Å². The second-order valence-corrected chi connectivity index (χ2v) is 13.1. The summed E-state index contributed by atoms with van der Waals surface area (Å²) in [5.41, 5.74) is 0.793. The second kappa shape index (κ2) is 15.3. The molecule has 0 bridgehead atoms. The molecule has 0 unspecified atom stereocenters. The van der Waals surface area contributed by atoms with Gasteiger partial charge in [-0.1, -0.05) is 29.3 Å². The summed E-state index contributed by atoms with van der Waals surface area (Å²) in [5, 5.41) is 0.545. The van der Waals surface area contributed by atoms with Crippen LogP contribution in [0.25, 0.3) is 0 Å². The number of aromatic nitrogens is 1. The molecule has 4 rings (SSSR count). The normalized spacial score (nSPS) is 13.9. The van der Waals surface area contributed by atoms with E-state index in [9.17, 15) is 22.0 Å². The number of methoxy groups -OCH3 is 1. The molecule has 0 aliphatic heterocycles. The van der Waals surface area contributed by atoms with Crippen molar-refractivity contribution in [2.24, 2.45) is 5.92 Å². The minimum absolute atomic E-state index is 0.00632. The van der Waals surface area contributed by atoms with Crippen molar-refractivity contribution in [1.29, 1.82) is 0 Å². The van der Waals surface area contributed by atoms with Gasteiger partial charge >= 0.3 is 22.7 Å². The summed E-state index contributed by atoms with van der Waals surface area (Å²) in [4.78, 5) is 18.0. The highest BCUT2D eigenvalue weighted by molar-refractivity contribution is 7.87. The number of carbonyl (C=O) groups excluding carboxylic acids is 1. The largest absolute Gasteiger partial charge is 0.493 e. The topological polar surface area (TPSA) is 115 Å². The van der Waals surface area contributed by atoms with Gasteiger partial charge in [0.25, 0.3) is 0 Å². The lowest BCUT2D eigenvalue weighted by atomic mass is 10.0. The van der Waals surface area contributed by atoms with Crippen molar-refractivity contribution in [2.75, 3.05) is 40.1 Å². The second-order valence-electron chi connectivity index (χ2n) is 10.6. The van der Waals surface area contributed by atoms with Gasteiger partial charge in [0.15, 0.2) is 35.4 Å². The predicted octanol–water partition coefficient (Wildman–Crippen LogP) is 5.62. The van der Waals surface area contributed by atoms with Crippen LogP contribution >= 0.6 is 23.2 Å². The van der Waals surface area contributed by atoms with E-state index in [0.29, 0.717) is 23.7 Å². The highest BCUT2D eigenvalue weighted by atomic mass is 35.5. The summed E-state index contributed by atoms with van der Waals surface area (Å²) >= 11 is 12.8. The first-order chi connectivity index (χ1) is 21.3. The minimum atomic E-state index is -4.03. The fraction of sp³-hybridized carbons (Fsp3) is 0.400. The summed E-state index contributed by atoms with van der Waals surface area (Å²) in [6, 6.07) is 8.21.